The SMILES string of the molecule is CC[C@H]1OC(=O)[C@@](C)(F)C(=O)[C@H](C)[C@@H](C)[C@](C)(OC)C[C@@H](C)C(=O)[C@H](C)[C@](C)(O)[C@]1(C)O. The van der Waals surface area contributed by atoms with Crippen LogP contribution in [0.3, 0.4) is 0 Å². The molecule has 0 aromatic carbocycles. The second-order valence-corrected chi connectivity index (χ2v) is 10.3. The van der Waals surface area contributed by atoms with Gasteiger partial charge in [0.2, 0.25) is 0 Å². The van der Waals surface area contributed by atoms with Crippen LogP contribution in [0, 0.1) is 23.7 Å². The quantitative estimate of drug-likeness (QED) is 0.481. The summed E-state index contributed by atoms with van der Waals surface area (Å²) in [6.07, 6.45) is -1.11. The molecule has 0 unspecified atom stereocenters. The van der Waals surface area contributed by atoms with Gasteiger partial charge in [0.1, 0.15) is 23.1 Å². The number of ketones is 2. The van der Waals surface area contributed by atoms with Gasteiger partial charge in [-0.25, -0.2) is 9.18 Å². The molecule has 32 heavy (non-hydrogen) atoms. The highest BCUT2D eigenvalue weighted by atomic mass is 19.1. The van der Waals surface area contributed by atoms with Gasteiger partial charge in [-0.2, -0.15) is 0 Å². The van der Waals surface area contributed by atoms with Crippen LogP contribution < -0.4 is 0 Å². The third-order valence-corrected chi connectivity index (χ3v) is 8.18. The predicted octanol–water partition coefficient (Wildman–Crippen LogP) is 3.03. The van der Waals surface area contributed by atoms with Crippen molar-refractivity contribution in [2.24, 2.45) is 23.7 Å². The van der Waals surface area contributed by atoms with Gasteiger partial charge >= 0.3 is 5.97 Å². The van der Waals surface area contributed by atoms with Crippen molar-refractivity contribution >= 4 is 17.5 Å². The van der Waals surface area contributed by atoms with Gasteiger partial charge in [0, 0.05) is 24.9 Å². The molecule has 8 heteroatoms. The van der Waals surface area contributed by atoms with Gasteiger partial charge in [-0.3, -0.25) is 9.59 Å². The normalized spacial score (nSPS) is 47.7. The summed E-state index contributed by atoms with van der Waals surface area (Å²) in [5.74, 6) is -5.80. The van der Waals surface area contributed by atoms with Crippen molar-refractivity contribution in [1.29, 1.82) is 0 Å². The van der Waals surface area contributed by atoms with E-state index in [-0.39, 0.29) is 18.6 Å². The van der Waals surface area contributed by atoms with E-state index in [4.69, 9.17) is 9.47 Å². The van der Waals surface area contributed by atoms with Crippen molar-refractivity contribution in [2.75, 3.05) is 7.11 Å². The average molecular weight is 461 g/mol. The first-order valence-corrected chi connectivity index (χ1v) is 11.3. The van der Waals surface area contributed by atoms with Crippen molar-refractivity contribution in [1.82, 2.24) is 0 Å². The summed E-state index contributed by atoms with van der Waals surface area (Å²) in [5, 5.41) is 22.5. The van der Waals surface area contributed by atoms with Gasteiger partial charge in [0.05, 0.1) is 5.60 Å². The molecule has 0 bridgehead atoms. The number of aliphatic hydroxyl groups is 2. The maximum absolute atomic E-state index is 15.5. The lowest BCUT2D eigenvalue weighted by Crippen LogP contribution is -2.64. The second kappa shape index (κ2) is 9.47. The van der Waals surface area contributed by atoms with E-state index >= 15 is 4.39 Å². The van der Waals surface area contributed by atoms with Crippen LogP contribution >= 0.6 is 0 Å². The Morgan fingerprint density at radius 1 is 1.03 bits per heavy atom. The summed E-state index contributed by atoms with van der Waals surface area (Å²) in [5.41, 5.74) is -8.06. The molecular weight excluding hydrogens is 419 g/mol. The molecule has 0 spiro atoms. The average Bonchev–Trinajstić information content (AvgIpc) is 2.72. The Morgan fingerprint density at radius 2 is 1.53 bits per heavy atom. The number of alkyl halides is 1. The monoisotopic (exact) mass is 460 g/mol. The van der Waals surface area contributed by atoms with E-state index in [0.29, 0.717) is 0 Å². The van der Waals surface area contributed by atoms with Gasteiger partial charge in [0.15, 0.2) is 5.78 Å². The summed E-state index contributed by atoms with van der Waals surface area (Å²) >= 11 is 0. The summed E-state index contributed by atoms with van der Waals surface area (Å²) in [6, 6.07) is 0. The molecule has 2 N–H and O–H groups in total. The van der Waals surface area contributed by atoms with Crippen molar-refractivity contribution in [3.63, 3.8) is 0 Å². The molecule has 0 aliphatic carbocycles. The van der Waals surface area contributed by atoms with Crippen LogP contribution in [0.4, 0.5) is 4.39 Å². The number of cyclic esters (lactones) is 1. The molecule has 7 nitrogen and oxygen atoms in total. The van der Waals surface area contributed by atoms with E-state index in [1.54, 1.807) is 27.7 Å². The fourth-order valence-corrected chi connectivity index (χ4v) is 4.75. The van der Waals surface area contributed by atoms with Gasteiger partial charge in [-0.15, -0.1) is 0 Å². The number of ether oxygens (including phenoxy) is 2. The molecular formula is C24H41FO7. The first-order valence-electron chi connectivity index (χ1n) is 11.3. The molecule has 0 amide bonds. The maximum atomic E-state index is 15.5. The summed E-state index contributed by atoms with van der Waals surface area (Å²) < 4.78 is 26.5. The van der Waals surface area contributed by atoms with Crippen molar-refractivity contribution < 1.29 is 38.5 Å². The van der Waals surface area contributed by atoms with Crippen molar-refractivity contribution in [2.45, 2.75) is 104 Å². The predicted molar refractivity (Wildman–Crippen MR) is 118 cm³/mol. The van der Waals surface area contributed by atoms with Gasteiger partial charge in [0.25, 0.3) is 5.67 Å². The van der Waals surface area contributed by atoms with E-state index in [1.165, 1.54) is 34.8 Å². The lowest BCUT2D eigenvalue weighted by atomic mass is 9.67. The number of carbonyl (C=O) groups excluding carboxylic acids is 3. The van der Waals surface area contributed by atoms with E-state index in [2.05, 4.69) is 0 Å². The minimum atomic E-state index is -2.96. The molecule has 0 aromatic rings. The number of Topliss-reactive ketones (excluding diaryl/α,β-unsaturated/α-hetero) is 2. The molecule has 1 heterocycles. The minimum absolute atomic E-state index is 0.0311. The Kier molecular flexibility index (Phi) is 8.48. The molecule has 1 aliphatic heterocycles. The molecule has 186 valence electrons. The summed E-state index contributed by atoms with van der Waals surface area (Å²) in [7, 11) is 1.45. The van der Waals surface area contributed by atoms with Crippen LogP contribution in [0.1, 0.15) is 75.2 Å². The van der Waals surface area contributed by atoms with Crippen LogP contribution in [0.5, 0.6) is 0 Å². The molecule has 1 saturated heterocycles. The van der Waals surface area contributed by atoms with Crippen LogP contribution in [0.25, 0.3) is 0 Å². The van der Waals surface area contributed by atoms with Crippen LogP contribution in [-0.2, 0) is 23.9 Å². The third kappa shape index (κ3) is 4.77. The zero-order valence-corrected chi connectivity index (χ0v) is 21.1. The lowest BCUT2D eigenvalue weighted by molar-refractivity contribution is -0.223. The number of rotatable bonds is 2. The summed E-state index contributed by atoms with van der Waals surface area (Å²) in [4.78, 5) is 39.1. The fourth-order valence-electron chi connectivity index (χ4n) is 4.75. The molecule has 0 aromatic heterocycles. The molecule has 1 rings (SSSR count). The molecule has 9 atom stereocenters. The Labute approximate surface area is 191 Å². The fraction of sp³-hybridized carbons (Fsp3) is 0.875. The van der Waals surface area contributed by atoms with Crippen LogP contribution in [-0.4, -0.2) is 63.4 Å². The minimum Gasteiger partial charge on any atom is -0.457 e. The smallest absolute Gasteiger partial charge is 0.351 e. The zero-order chi connectivity index (χ0) is 25.4. The van der Waals surface area contributed by atoms with E-state index in [0.717, 1.165) is 6.92 Å². The highest BCUT2D eigenvalue weighted by molar-refractivity contribution is 6.07. The van der Waals surface area contributed by atoms with E-state index in [1.807, 2.05) is 0 Å². The highest BCUT2D eigenvalue weighted by Gasteiger charge is 2.57. The number of halogens is 1. The zero-order valence-electron chi connectivity index (χ0n) is 21.1. The maximum Gasteiger partial charge on any atom is 0.351 e. The number of hydrogen-bond acceptors (Lipinski definition) is 7. The third-order valence-electron chi connectivity index (χ3n) is 8.18. The molecule has 0 saturated carbocycles. The Morgan fingerprint density at radius 3 is 1.97 bits per heavy atom. The van der Waals surface area contributed by atoms with Crippen molar-refractivity contribution in [3.05, 3.63) is 0 Å². The first kappa shape index (κ1) is 28.7. The van der Waals surface area contributed by atoms with E-state index < -0.39 is 64.0 Å². The van der Waals surface area contributed by atoms with Gasteiger partial charge in [-0.05, 0) is 46.5 Å². The number of hydrogen-bond donors (Lipinski definition) is 2. The largest absolute Gasteiger partial charge is 0.457 e. The summed E-state index contributed by atoms with van der Waals surface area (Å²) in [6.45, 7) is 13.2. The lowest BCUT2D eigenvalue weighted by Gasteiger charge is -2.47. The van der Waals surface area contributed by atoms with Gasteiger partial charge < -0.3 is 19.7 Å². The molecule has 0 radical (unpaired) electrons. The second-order valence-electron chi connectivity index (χ2n) is 10.3. The number of carbonyl (C=O) groups is 3. The van der Waals surface area contributed by atoms with Crippen LogP contribution in [0.2, 0.25) is 0 Å². The first-order chi connectivity index (χ1) is 14.3. The molecule has 1 fully saturated rings. The van der Waals surface area contributed by atoms with Crippen molar-refractivity contribution in [3.8, 4) is 0 Å². The highest BCUT2D eigenvalue weighted by Crippen LogP contribution is 2.41. The standard InChI is InChI=1S/C24H41FO7/c1-11-17-24(9,30)23(8,29)16(5)18(26)13(2)12-21(6,31-10)15(4)14(3)19(27)22(7,25)20(28)32-17/h13-17,29-30H,11-12H2,1-10H3/t13-,14-,15-,16+,17-,21-,22+,23+,24-/m1/s1. The number of esters is 1. The topological polar surface area (TPSA) is 110 Å². The Bertz CT molecular complexity index is 730. The van der Waals surface area contributed by atoms with Crippen LogP contribution in [0.15, 0.2) is 0 Å². The number of methoxy groups -OCH3 is 1. The Hall–Kier alpha value is -1.38. The Balaban J connectivity index is 3.69. The molecule has 1 aliphatic rings. The van der Waals surface area contributed by atoms with Gasteiger partial charge in [-0.1, -0.05) is 34.6 Å². The van der Waals surface area contributed by atoms with E-state index in [9.17, 15) is 24.6 Å².